The Kier molecular flexibility index (Phi) is 5.03. The van der Waals surface area contributed by atoms with Crippen LogP contribution in [0.15, 0.2) is 18.3 Å². The maximum Gasteiger partial charge on any atom is 0.331 e. The molecular formula is C14H20N2O3. The summed E-state index contributed by atoms with van der Waals surface area (Å²) >= 11 is 0. The fraction of sp³-hybridized carbons (Fsp3) is 0.500. The Balaban J connectivity index is 2.87. The van der Waals surface area contributed by atoms with E-state index in [2.05, 4.69) is 10.3 Å². The maximum absolute atomic E-state index is 12.1. The zero-order chi connectivity index (χ0) is 14.5. The number of esters is 1. The summed E-state index contributed by atoms with van der Waals surface area (Å²) in [6.07, 6.45) is 2.77. The summed E-state index contributed by atoms with van der Waals surface area (Å²) in [5.41, 5.74) is 0.253. The molecule has 0 aliphatic heterocycles. The molecule has 1 aromatic rings. The van der Waals surface area contributed by atoms with Gasteiger partial charge in [-0.1, -0.05) is 13.3 Å². The lowest BCUT2D eigenvalue weighted by Crippen LogP contribution is -2.52. The van der Waals surface area contributed by atoms with E-state index in [4.69, 9.17) is 4.74 Å². The minimum atomic E-state index is -1.01. The molecule has 5 nitrogen and oxygen atoms in total. The van der Waals surface area contributed by atoms with E-state index in [1.165, 1.54) is 13.3 Å². The molecule has 0 bridgehead atoms. The highest BCUT2D eigenvalue weighted by Gasteiger charge is 2.35. The summed E-state index contributed by atoms with van der Waals surface area (Å²) < 4.78 is 4.75. The average Bonchev–Trinajstić information content (AvgIpc) is 2.38. The Morgan fingerprint density at radius 3 is 2.58 bits per heavy atom. The summed E-state index contributed by atoms with van der Waals surface area (Å²) in [4.78, 5) is 28.0. The van der Waals surface area contributed by atoms with Crippen molar-refractivity contribution in [3.05, 3.63) is 29.6 Å². The van der Waals surface area contributed by atoms with Crippen LogP contribution >= 0.6 is 0 Å². The van der Waals surface area contributed by atoms with Crippen LogP contribution in [0.25, 0.3) is 0 Å². The van der Waals surface area contributed by atoms with Crippen molar-refractivity contribution < 1.29 is 14.3 Å². The van der Waals surface area contributed by atoms with Gasteiger partial charge in [0.05, 0.1) is 12.7 Å². The molecule has 104 valence electrons. The van der Waals surface area contributed by atoms with Crippen molar-refractivity contribution >= 4 is 11.9 Å². The Labute approximate surface area is 113 Å². The molecule has 0 spiro atoms. The van der Waals surface area contributed by atoms with Crippen LogP contribution in [-0.2, 0) is 9.53 Å². The van der Waals surface area contributed by atoms with Gasteiger partial charge >= 0.3 is 5.97 Å². The first-order valence-electron chi connectivity index (χ1n) is 6.26. The van der Waals surface area contributed by atoms with Gasteiger partial charge in [-0.15, -0.1) is 0 Å². The second kappa shape index (κ2) is 6.31. The van der Waals surface area contributed by atoms with Gasteiger partial charge in [0, 0.05) is 11.9 Å². The maximum atomic E-state index is 12.1. The lowest BCUT2D eigenvalue weighted by molar-refractivity contribution is -0.147. The SMILES string of the molecule is CCCC(C)(NC(=O)c1ccc(C)nc1)C(=O)OC. The highest BCUT2D eigenvalue weighted by atomic mass is 16.5. The fourth-order valence-electron chi connectivity index (χ4n) is 1.87. The molecule has 0 radical (unpaired) electrons. The molecular weight excluding hydrogens is 244 g/mol. The molecule has 0 aliphatic rings. The molecule has 0 fully saturated rings. The smallest absolute Gasteiger partial charge is 0.331 e. The topological polar surface area (TPSA) is 68.3 Å². The number of ether oxygens (including phenoxy) is 1. The van der Waals surface area contributed by atoms with Crippen molar-refractivity contribution in [3.63, 3.8) is 0 Å². The predicted octanol–water partition coefficient (Wildman–Crippen LogP) is 1.85. The fourth-order valence-corrected chi connectivity index (χ4v) is 1.87. The van der Waals surface area contributed by atoms with Gasteiger partial charge < -0.3 is 10.1 Å². The first-order valence-corrected chi connectivity index (χ1v) is 6.26. The second-order valence-corrected chi connectivity index (χ2v) is 4.72. The molecule has 0 saturated heterocycles. The first-order chi connectivity index (χ1) is 8.92. The first kappa shape index (κ1) is 15.1. The number of aryl methyl sites for hydroxylation is 1. The van der Waals surface area contributed by atoms with E-state index in [0.29, 0.717) is 12.0 Å². The van der Waals surface area contributed by atoms with Gasteiger partial charge in [-0.05, 0) is 32.4 Å². The summed E-state index contributed by atoms with van der Waals surface area (Å²) in [5, 5.41) is 2.73. The minimum absolute atomic E-state index is 0.325. The van der Waals surface area contributed by atoms with Crippen molar-refractivity contribution in [2.75, 3.05) is 7.11 Å². The number of carbonyl (C=O) groups excluding carboxylic acids is 2. The Hall–Kier alpha value is -1.91. The number of nitrogens with one attached hydrogen (secondary N) is 1. The number of nitrogens with zero attached hydrogens (tertiary/aromatic N) is 1. The van der Waals surface area contributed by atoms with Crippen molar-refractivity contribution in [3.8, 4) is 0 Å². The van der Waals surface area contributed by atoms with Gasteiger partial charge in [0.15, 0.2) is 0 Å². The van der Waals surface area contributed by atoms with Crippen LogP contribution in [0.5, 0.6) is 0 Å². The van der Waals surface area contributed by atoms with Crippen LogP contribution < -0.4 is 5.32 Å². The van der Waals surface area contributed by atoms with Gasteiger partial charge in [0.25, 0.3) is 5.91 Å². The molecule has 0 saturated carbocycles. The number of hydrogen-bond donors (Lipinski definition) is 1. The van der Waals surface area contributed by atoms with E-state index in [0.717, 1.165) is 12.1 Å². The van der Waals surface area contributed by atoms with E-state index in [-0.39, 0.29) is 5.91 Å². The van der Waals surface area contributed by atoms with E-state index >= 15 is 0 Å². The summed E-state index contributed by atoms with van der Waals surface area (Å²) in [6, 6.07) is 3.44. The number of hydrogen-bond acceptors (Lipinski definition) is 4. The van der Waals surface area contributed by atoms with Crippen LogP contribution in [0.2, 0.25) is 0 Å². The lowest BCUT2D eigenvalue weighted by Gasteiger charge is -2.27. The molecule has 1 aromatic heterocycles. The Bertz CT molecular complexity index is 456. The average molecular weight is 264 g/mol. The highest BCUT2D eigenvalue weighted by molar-refractivity contribution is 5.97. The molecule has 19 heavy (non-hydrogen) atoms. The number of carbonyl (C=O) groups is 2. The van der Waals surface area contributed by atoms with Crippen LogP contribution in [0.3, 0.4) is 0 Å². The van der Waals surface area contributed by atoms with E-state index in [1.807, 2.05) is 13.8 Å². The number of methoxy groups -OCH3 is 1. The highest BCUT2D eigenvalue weighted by Crippen LogP contribution is 2.15. The number of amides is 1. The summed E-state index contributed by atoms with van der Waals surface area (Å²) in [7, 11) is 1.32. The molecule has 0 aromatic carbocycles. The Morgan fingerprint density at radius 2 is 2.11 bits per heavy atom. The molecule has 1 amide bonds. The number of rotatable bonds is 5. The molecule has 1 atom stereocenters. The Morgan fingerprint density at radius 1 is 1.42 bits per heavy atom. The van der Waals surface area contributed by atoms with Crippen LogP contribution in [0.4, 0.5) is 0 Å². The third-order valence-corrected chi connectivity index (χ3v) is 2.95. The van der Waals surface area contributed by atoms with E-state index < -0.39 is 11.5 Å². The number of pyridine rings is 1. The molecule has 0 aliphatic carbocycles. The summed E-state index contributed by atoms with van der Waals surface area (Å²) in [6.45, 7) is 5.46. The van der Waals surface area contributed by atoms with Gasteiger partial charge in [-0.3, -0.25) is 9.78 Å². The van der Waals surface area contributed by atoms with Gasteiger partial charge in [-0.2, -0.15) is 0 Å². The molecule has 1 heterocycles. The standard InChI is InChI=1S/C14H20N2O3/c1-5-8-14(3,13(18)19-4)16-12(17)11-7-6-10(2)15-9-11/h6-7,9H,5,8H2,1-4H3,(H,16,17). The zero-order valence-electron chi connectivity index (χ0n) is 11.8. The number of aromatic nitrogens is 1. The van der Waals surface area contributed by atoms with Crippen LogP contribution in [0.1, 0.15) is 42.7 Å². The van der Waals surface area contributed by atoms with E-state index in [1.54, 1.807) is 19.1 Å². The minimum Gasteiger partial charge on any atom is -0.467 e. The van der Waals surface area contributed by atoms with Crippen molar-refractivity contribution in [2.24, 2.45) is 0 Å². The van der Waals surface area contributed by atoms with Crippen LogP contribution in [0, 0.1) is 6.92 Å². The molecule has 1 N–H and O–H groups in total. The second-order valence-electron chi connectivity index (χ2n) is 4.72. The zero-order valence-corrected chi connectivity index (χ0v) is 11.8. The monoisotopic (exact) mass is 264 g/mol. The van der Waals surface area contributed by atoms with Crippen molar-refractivity contribution in [1.29, 1.82) is 0 Å². The predicted molar refractivity (Wildman–Crippen MR) is 71.8 cm³/mol. The van der Waals surface area contributed by atoms with Gasteiger partial charge in [-0.25, -0.2) is 4.79 Å². The lowest BCUT2D eigenvalue weighted by atomic mass is 9.95. The third kappa shape index (κ3) is 3.77. The van der Waals surface area contributed by atoms with Gasteiger partial charge in [0.2, 0.25) is 0 Å². The summed E-state index contributed by atoms with van der Waals surface area (Å²) in [5.74, 6) is -0.767. The molecule has 1 rings (SSSR count). The van der Waals surface area contributed by atoms with Crippen molar-refractivity contribution in [1.82, 2.24) is 10.3 Å². The van der Waals surface area contributed by atoms with Crippen LogP contribution in [-0.4, -0.2) is 29.5 Å². The van der Waals surface area contributed by atoms with E-state index in [9.17, 15) is 9.59 Å². The molecule has 5 heteroatoms. The third-order valence-electron chi connectivity index (χ3n) is 2.95. The molecule has 1 unspecified atom stereocenters. The van der Waals surface area contributed by atoms with Crippen molar-refractivity contribution in [2.45, 2.75) is 39.2 Å². The van der Waals surface area contributed by atoms with Gasteiger partial charge in [0.1, 0.15) is 5.54 Å². The quantitative estimate of drug-likeness (QED) is 0.824. The normalized spacial score (nSPS) is 13.5. The largest absolute Gasteiger partial charge is 0.467 e.